The number of piperazine rings is 1. The molecule has 220 valence electrons. The number of hydrogen-bond donors (Lipinski definition) is 3. The number of anilines is 2. The average molecular weight is 560 g/mol. The highest BCUT2D eigenvalue weighted by atomic mass is 19.1. The monoisotopic (exact) mass is 559 g/mol. The first-order chi connectivity index (χ1) is 19.6. The van der Waals surface area contributed by atoms with E-state index in [9.17, 15) is 9.18 Å². The Balaban J connectivity index is 0.00000108. The van der Waals surface area contributed by atoms with Gasteiger partial charge < -0.3 is 16.0 Å². The van der Waals surface area contributed by atoms with Gasteiger partial charge in [0.15, 0.2) is 0 Å². The average Bonchev–Trinajstić information content (AvgIpc) is 2.97. The summed E-state index contributed by atoms with van der Waals surface area (Å²) in [5.74, 6) is 0.124. The molecule has 4 N–H and O–H groups in total. The van der Waals surface area contributed by atoms with Gasteiger partial charge in [0.1, 0.15) is 5.82 Å². The second-order valence-corrected chi connectivity index (χ2v) is 11.2. The number of nitrogens with zero attached hydrogens (tertiary/aromatic N) is 2. The van der Waals surface area contributed by atoms with Crippen LogP contribution in [-0.4, -0.2) is 48.7 Å². The van der Waals surface area contributed by atoms with E-state index >= 15 is 0 Å². The molecule has 4 rings (SSSR count). The van der Waals surface area contributed by atoms with E-state index < -0.39 is 0 Å². The third kappa shape index (κ3) is 8.89. The van der Waals surface area contributed by atoms with E-state index in [1.165, 1.54) is 18.9 Å². The predicted octanol–water partition coefficient (Wildman–Crippen LogP) is 6.73. The molecule has 6 nitrogen and oxygen atoms in total. The molecule has 0 saturated carbocycles. The van der Waals surface area contributed by atoms with E-state index in [0.717, 1.165) is 43.3 Å². The van der Waals surface area contributed by atoms with Crippen molar-refractivity contribution in [1.29, 1.82) is 5.41 Å². The SMILES string of the molecule is CC(C)C.CCC(CC)N1CCN(c2ccc(C(=N)c3cc(C(=O)NCc4ccccc4F)ccc3N)cc2)CC1. The van der Waals surface area contributed by atoms with Crippen molar-refractivity contribution in [3.8, 4) is 0 Å². The Kier molecular flexibility index (Phi) is 11.9. The molecule has 3 aromatic carbocycles. The van der Waals surface area contributed by atoms with Crippen LogP contribution in [-0.2, 0) is 6.54 Å². The van der Waals surface area contributed by atoms with Crippen LogP contribution in [0.3, 0.4) is 0 Å². The number of rotatable bonds is 9. The number of amides is 1. The molecule has 3 aromatic rings. The quantitative estimate of drug-likeness (QED) is 0.201. The van der Waals surface area contributed by atoms with Crippen molar-refractivity contribution in [1.82, 2.24) is 10.2 Å². The number of halogens is 1. The normalized spacial score (nSPS) is 13.6. The standard InChI is InChI=1S/C30H36FN5O.C4H10/c1-3-24(4-2)35-15-17-36(18-16-35)25-12-9-21(10-13-25)29(33)26-19-22(11-14-28(26)32)30(37)34-20-23-7-5-6-8-27(23)31;1-4(2)3/h5-14,19,24,33H,3-4,15-18,20,32H2,1-2H3,(H,34,37);4H,1-3H3. The molecule has 0 unspecified atom stereocenters. The second kappa shape index (κ2) is 15.3. The summed E-state index contributed by atoms with van der Waals surface area (Å²) in [5.41, 5.74) is 10.0. The molecule has 0 radical (unpaired) electrons. The number of nitrogen functional groups attached to an aromatic ring is 1. The number of carbonyl (C=O) groups excluding carboxylic acids is 1. The van der Waals surface area contributed by atoms with E-state index in [1.807, 2.05) is 12.1 Å². The molecular weight excluding hydrogens is 513 g/mol. The molecule has 1 amide bonds. The Labute approximate surface area is 245 Å². The van der Waals surface area contributed by atoms with Crippen molar-refractivity contribution >= 4 is 23.0 Å². The lowest BCUT2D eigenvalue weighted by Gasteiger charge is -2.39. The van der Waals surface area contributed by atoms with E-state index in [1.54, 1.807) is 36.4 Å². The smallest absolute Gasteiger partial charge is 0.251 e. The van der Waals surface area contributed by atoms with E-state index in [2.05, 4.69) is 61.9 Å². The van der Waals surface area contributed by atoms with Crippen LogP contribution >= 0.6 is 0 Å². The van der Waals surface area contributed by atoms with Gasteiger partial charge >= 0.3 is 0 Å². The van der Waals surface area contributed by atoms with Crippen molar-refractivity contribution in [2.24, 2.45) is 5.92 Å². The highest BCUT2D eigenvalue weighted by Crippen LogP contribution is 2.23. The van der Waals surface area contributed by atoms with Crippen LogP contribution in [0.2, 0.25) is 0 Å². The molecular formula is C34H46FN5O. The Morgan fingerprint density at radius 1 is 0.927 bits per heavy atom. The maximum Gasteiger partial charge on any atom is 0.251 e. The first-order valence-corrected chi connectivity index (χ1v) is 14.7. The van der Waals surface area contributed by atoms with Gasteiger partial charge in [0.05, 0.1) is 5.71 Å². The summed E-state index contributed by atoms with van der Waals surface area (Å²) in [5, 5.41) is 11.5. The number of nitrogens with two attached hydrogens (primary N) is 1. The van der Waals surface area contributed by atoms with Crippen molar-refractivity contribution < 1.29 is 9.18 Å². The number of nitrogens with one attached hydrogen (secondary N) is 2. The lowest BCUT2D eigenvalue weighted by Crippen LogP contribution is -2.50. The highest BCUT2D eigenvalue weighted by Gasteiger charge is 2.22. The van der Waals surface area contributed by atoms with Gasteiger partial charge in [-0.15, -0.1) is 0 Å². The summed E-state index contributed by atoms with van der Waals surface area (Å²) in [6.07, 6.45) is 2.37. The van der Waals surface area contributed by atoms with Gasteiger partial charge in [0.25, 0.3) is 5.91 Å². The lowest BCUT2D eigenvalue weighted by molar-refractivity contribution is 0.0950. The lowest BCUT2D eigenvalue weighted by atomic mass is 9.98. The van der Waals surface area contributed by atoms with Gasteiger partial charge in [-0.05, 0) is 55.2 Å². The fourth-order valence-electron chi connectivity index (χ4n) is 4.98. The van der Waals surface area contributed by atoms with Crippen LogP contribution in [0.15, 0.2) is 66.7 Å². The van der Waals surface area contributed by atoms with Gasteiger partial charge in [-0.25, -0.2) is 4.39 Å². The third-order valence-electron chi connectivity index (χ3n) is 7.28. The summed E-state index contributed by atoms with van der Waals surface area (Å²) in [6.45, 7) is 15.2. The fraction of sp³-hybridized carbons (Fsp3) is 0.412. The molecule has 0 spiro atoms. The van der Waals surface area contributed by atoms with Crippen LogP contribution in [0.25, 0.3) is 0 Å². The van der Waals surface area contributed by atoms with Gasteiger partial charge in [-0.2, -0.15) is 0 Å². The molecule has 0 aliphatic carbocycles. The van der Waals surface area contributed by atoms with Crippen LogP contribution in [0.4, 0.5) is 15.8 Å². The van der Waals surface area contributed by atoms with Crippen LogP contribution in [0.5, 0.6) is 0 Å². The van der Waals surface area contributed by atoms with Gasteiger partial charge in [-0.3, -0.25) is 15.1 Å². The van der Waals surface area contributed by atoms with Crippen molar-refractivity contribution in [2.45, 2.75) is 60.0 Å². The molecule has 1 fully saturated rings. The fourth-order valence-corrected chi connectivity index (χ4v) is 4.98. The molecule has 41 heavy (non-hydrogen) atoms. The Morgan fingerprint density at radius 3 is 2.10 bits per heavy atom. The molecule has 1 saturated heterocycles. The van der Waals surface area contributed by atoms with Crippen LogP contribution in [0, 0.1) is 17.1 Å². The first-order valence-electron chi connectivity index (χ1n) is 14.7. The zero-order valence-corrected chi connectivity index (χ0v) is 25.2. The van der Waals surface area contributed by atoms with Gasteiger partial charge in [0.2, 0.25) is 0 Å². The van der Waals surface area contributed by atoms with E-state index in [4.69, 9.17) is 11.1 Å². The van der Waals surface area contributed by atoms with E-state index in [-0.39, 0.29) is 24.0 Å². The molecule has 1 heterocycles. The summed E-state index contributed by atoms with van der Waals surface area (Å²) in [7, 11) is 0. The number of carbonyl (C=O) groups is 1. The summed E-state index contributed by atoms with van der Waals surface area (Å²) in [4.78, 5) is 17.7. The molecule has 1 aliphatic rings. The van der Waals surface area contributed by atoms with Crippen molar-refractivity contribution in [3.05, 3.63) is 94.8 Å². The summed E-state index contributed by atoms with van der Waals surface area (Å²) in [6, 6.07) is 19.9. The third-order valence-corrected chi connectivity index (χ3v) is 7.28. The molecule has 0 bridgehead atoms. The van der Waals surface area contributed by atoms with Crippen molar-refractivity contribution in [3.63, 3.8) is 0 Å². The zero-order valence-electron chi connectivity index (χ0n) is 25.2. The predicted molar refractivity (Wildman–Crippen MR) is 169 cm³/mol. The van der Waals surface area contributed by atoms with E-state index in [0.29, 0.717) is 28.4 Å². The second-order valence-electron chi connectivity index (χ2n) is 11.2. The van der Waals surface area contributed by atoms with Gasteiger partial charge in [0, 0.05) is 72.4 Å². The molecule has 0 aromatic heterocycles. The maximum absolute atomic E-state index is 13.9. The molecule has 0 atom stereocenters. The highest BCUT2D eigenvalue weighted by molar-refractivity contribution is 6.15. The number of benzene rings is 3. The van der Waals surface area contributed by atoms with Crippen molar-refractivity contribution in [2.75, 3.05) is 36.8 Å². The molecule has 1 aliphatic heterocycles. The Hall–Kier alpha value is -3.71. The largest absolute Gasteiger partial charge is 0.398 e. The minimum atomic E-state index is -0.362. The zero-order chi connectivity index (χ0) is 29.9. The Bertz CT molecular complexity index is 1280. The molecule has 7 heteroatoms. The van der Waals surface area contributed by atoms with Gasteiger partial charge in [-0.1, -0.05) is 65.0 Å². The van der Waals surface area contributed by atoms with Crippen LogP contribution < -0.4 is 16.0 Å². The van der Waals surface area contributed by atoms with Crippen LogP contribution in [0.1, 0.15) is 74.5 Å². The minimum absolute atomic E-state index is 0.0793. The topological polar surface area (TPSA) is 85.5 Å². The Morgan fingerprint density at radius 2 is 1.51 bits per heavy atom. The minimum Gasteiger partial charge on any atom is -0.398 e. The maximum atomic E-state index is 13.9. The summed E-state index contributed by atoms with van der Waals surface area (Å²) >= 11 is 0. The first kappa shape index (κ1) is 31.8. The summed E-state index contributed by atoms with van der Waals surface area (Å²) < 4.78 is 13.9. The number of hydrogen-bond acceptors (Lipinski definition) is 5.